The molecular formula is C13H11BrFNO. The average molecular weight is 296 g/mol. The predicted molar refractivity (Wildman–Crippen MR) is 68.5 cm³/mol. The second-order valence-corrected chi connectivity index (χ2v) is 4.26. The Morgan fingerprint density at radius 2 is 1.82 bits per heavy atom. The third kappa shape index (κ3) is 2.65. The molecule has 0 amide bonds. The van der Waals surface area contributed by atoms with Gasteiger partial charge in [0.2, 0.25) is 0 Å². The van der Waals surface area contributed by atoms with E-state index in [0.29, 0.717) is 15.8 Å². The molecule has 2 nitrogen and oxygen atoms in total. The molecule has 2 aromatic carbocycles. The van der Waals surface area contributed by atoms with Gasteiger partial charge in [0.15, 0.2) is 11.6 Å². The molecule has 0 aliphatic rings. The van der Waals surface area contributed by atoms with Gasteiger partial charge in [-0.2, -0.15) is 0 Å². The molecule has 17 heavy (non-hydrogen) atoms. The lowest BCUT2D eigenvalue weighted by Crippen LogP contribution is -2.00. The molecule has 0 aliphatic carbocycles. The van der Waals surface area contributed by atoms with Gasteiger partial charge in [0.05, 0.1) is 4.47 Å². The molecular weight excluding hydrogens is 285 g/mol. The highest BCUT2D eigenvalue weighted by atomic mass is 79.9. The quantitative estimate of drug-likeness (QED) is 0.934. The van der Waals surface area contributed by atoms with Crippen LogP contribution in [0.5, 0.6) is 11.5 Å². The van der Waals surface area contributed by atoms with Crippen LogP contribution in [-0.4, -0.2) is 0 Å². The standard InChI is InChI=1S/C13H11BrFNO/c14-12-9(8-16)6-7-11(13(12)15)17-10-4-2-1-3-5-10/h1-7H,8,16H2. The third-order valence-electron chi connectivity index (χ3n) is 2.32. The molecule has 4 heteroatoms. The minimum Gasteiger partial charge on any atom is -0.454 e. The van der Waals surface area contributed by atoms with E-state index in [1.54, 1.807) is 24.3 Å². The first-order valence-corrected chi connectivity index (χ1v) is 5.91. The molecule has 2 aromatic rings. The van der Waals surface area contributed by atoms with Crippen molar-refractivity contribution in [1.29, 1.82) is 0 Å². The normalized spacial score (nSPS) is 10.3. The summed E-state index contributed by atoms with van der Waals surface area (Å²) in [7, 11) is 0. The summed E-state index contributed by atoms with van der Waals surface area (Å²) in [5, 5.41) is 0. The fourth-order valence-electron chi connectivity index (χ4n) is 1.42. The van der Waals surface area contributed by atoms with Crippen LogP contribution in [0, 0.1) is 5.82 Å². The molecule has 0 unspecified atom stereocenters. The zero-order valence-electron chi connectivity index (χ0n) is 8.99. The van der Waals surface area contributed by atoms with Gasteiger partial charge in [-0.3, -0.25) is 0 Å². The summed E-state index contributed by atoms with van der Waals surface area (Å²) in [5.74, 6) is 0.343. The van der Waals surface area contributed by atoms with Gasteiger partial charge in [0, 0.05) is 6.54 Å². The van der Waals surface area contributed by atoms with E-state index >= 15 is 0 Å². The Kier molecular flexibility index (Phi) is 3.76. The molecule has 0 saturated carbocycles. The van der Waals surface area contributed by atoms with Gasteiger partial charge in [0.1, 0.15) is 5.75 Å². The van der Waals surface area contributed by atoms with Crippen molar-refractivity contribution >= 4 is 15.9 Å². The van der Waals surface area contributed by atoms with Crippen LogP contribution in [0.25, 0.3) is 0 Å². The van der Waals surface area contributed by atoms with E-state index in [2.05, 4.69) is 15.9 Å². The zero-order chi connectivity index (χ0) is 12.3. The van der Waals surface area contributed by atoms with Crippen LogP contribution in [0.15, 0.2) is 46.9 Å². The summed E-state index contributed by atoms with van der Waals surface area (Å²) in [6.07, 6.45) is 0. The fourth-order valence-corrected chi connectivity index (χ4v) is 1.91. The number of benzene rings is 2. The monoisotopic (exact) mass is 295 g/mol. The topological polar surface area (TPSA) is 35.2 Å². The van der Waals surface area contributed by atoms with Crippen molar-refractivity contribution in [3.05, 3.63) is 58.3 Å². The molecule has 0 fully saturated rings. The van der Waals surface area contributed by atoms with Gasteiger partial charge in [0.25, 0.3) is 0 Å². The molecule has 88 valence electrons. The van der Waals surface area contributed by atoms with E-state index in [9.17, 15) is 4.39 Å². The van der Waals surface area contributed by atoms with Crippen LogP contribution in [0.3, 0.4) is 0 Å². The minimum atomic E-state index is -0.434. The summed E-state index contributed by atoms with van der Waals surface area (Å²) < 4.78 is 19.7. The molecule has 0 aromatic heterocycles. The number of nitrogens with two attached hydrogens (primary N) is 1. The van der Waals surface area contributed by atoms with Crippen LogP contribution in [-0.2, 0) is 6.54 Å². The Labute approximate surface area is 107 Å². The van der Waals surface area contributed by atoms with Crippen molar-refractivity contribution in [3.8, 4) is 11.5 Å². The second-order valence-electron chi connectivity index (χ2n) is 3.47. The average Bonchev–Trinajstić information content (AvgIpc) is 2.37. The summed E-state index contributed by atoms with van der Waals surface area (Å²) in [5.41, 5.74) is 6.20. The van der Waals surface area contributed by atoms with E-state index < -0.39 is 5.82 Å². The van der Waals surface area contributed by atoms with Crippen molar-refractivity contribution in [1.82, 2.24) is 0 Å². The smallest absolute Gasteiger partial charge is 0.180 e. The Balaban J connectivity index is 2.32. The number of rotatable bonds is 3. The maximum absolute atomic E-state index is 13.9. The van der Waals surface area contributed by atoms with Crippen LogP contribution in [0.1, 0.15) is 5.56 Å². The van der Waals surface area contributed by atoms with E-state index in [1.807, 2.05) is 18.2 Å². The largest absolute Gasteiger partial charge is 0.454 e. The number of para-hydroxylation sites is 1. The third-order valence-corrected chi connectivity index (χ3v) is 3.18. The van der Waals surface area contributed by atoms with Gasteiger partial charge in [-0.05, 0) is 39.7 Å². The van der Waals surface area contributed by atoms with E-state index in [4.69, 9.17) is 10.5 Å². The lowest BCUT2D eigenvalue weighted by molar-refractivity contribution is 0.439. The maximum Gasteiger partial charge on any atom is 0.180 e. The summed E-state index contributed by atoms with van der Waals surface area (Å²) in [4.78, 5) is 0. The van der Waals surface area contributed by atoms with E-state index in [1.165, 1.54) is 0 Å². The highest BCUT2D eigenvalue weighted by Crippen LogP contribution is 2.31. The lowest BCUT2D eigenvalue weighted by Gasteiger charge is -2.09. The van der Waals surface area contributed by atoms with Crippen LogP contribution < -0.4 is 10.5 Å². The number of halogens is 2. The van der Waals surface area contributed by atoms with Crippen LogP contribution in [0.2, 0.25) is 0 Å². The van der Waals surface area contributed by atoms with E-state index in [-0.39, 0.29) is 12.3 Å². The number of hydrogen-bond donors (Lipinski definition) is 1. The fraction of sp³-hybridized carbons (Fsp3) is 0.0769. The summed E-state index contributed by atoms with van der Waals surface area (Å²) >= 11 is 3.17. The van der Waals surface area contributed by atoms with Crippen LogP contribution in [0.4, 0.5) is 4.39 Å². The maximum atomic E-state index is 13.9. The Bertz CT molecular complexity index is 516. The highest BCUT2D eigenvalue weighted by molar-refractivity contribution is 9.10. The van der Waals surface area contributed by atoms with Crippen molar-refractivity contribution < 1.29 is 9.13 Å². The van der Waals surface area contributed by atoms with Gasteiger partial charge in [-0.15, -0.1) is 0 Å². The van der Waals surface area contributed by atoms with Gasteiger partial charge in [-0.1, -0.05) is 24.3 Å². The highest BCUT2D eigenvalue weighted by Gasteiger charge is 2.11. The molecule has 0 spiro atoms. The first-order valence-electron chi connectivity index (χ1n) is 5.12. The molecule has 0 bridgehead atoms. The van der Waals surface area contributed by atoms with Crippen molar-refractivity contribution in [2.75, 3.05) is 0 Å². The zero-order valence-corrected chi connectivity index (χ0v) is 10.6. The summed E-state index contributed by atoms with van der Waals surface area (Å²) in [6, 6.07) is 12.4. The second kappa shape index (κ2) is 5.29. The molecule has 2 N–H and O–H groups in total. The van der Waals surface area contributed by atoms with Crippen molar-refractivity contribution in [2.45, 2.75) is 6.54 Å². The lowest BCUT2D eigenvalue weighted by atomic mass is 10.2. The number of ether oxygens (including phenoxy) is 1. The predicted octanol–water partition coefficient (Wildman–Crippen LogP) is 3.84. The molecule has 0 saturated heterocycles. The minimum absolute atomic E-state index is 0.181. The molecule has 0 heterocycles. The van der Waals surface area contributed by atoms with Gasteiger partial charge in [-0.25, -0.2) is 4.39 Å². The molecule has 0 radical (unpaired) electrons. The first kappa shape index (κ1) is 12.1. The SMILES string of the molecule is NCc1ccc(Oc2ccccc2)c(F)c1Br. The molecule has 2 rings (SSSR count). The van der Waals surface area contributed by atoms with Crippen molar-refractivity contribution in [2.24, 2.45) is 5.73 Å². The Morgan fingerprint density at radius 3 is 2.47 bits per heavy atom. The van der Waals surface area contributed by atoms with Gasteiger partial charge < -0.3 is 10.5 Å². The van der Waals surface area contributed by atoms with Gasteiger partial charge >= 0.3 is 0 Å². The molecule has 0 atom stereocenters. The Morgan fingerprint density at radius 1 is 1.12 bits per heavy atom. The van der Waals surface area contributed by atoms with Crippen LogP contribution >= 0.6 is 15.9 Å². The first-order chi connectivity index (χ1) is 8.22. The summed E-state index contributed by atoms with van der Waals surface area (Å²) in [6.45, 7) is 0.281. The number of hydrogen-bond acceptors (Lipinski definition) is 2. The van der Waals surface area contributed by atoms with Crippen molar-refractivity contribution in [3.63, 3.8) is 0 Å². The Hall–Kier alpha value is -1.39. The molecule has 0 aliphatic heterocycles. The van der Waals surface area contributed by atoms with E-state index in [0.717, 1.165) is 0 Å².